The van der Waals surface area contributed by atoms with Crippen LogP contribution in [0, 0.1) is 21.3 Å². The predicted molar refractivity (Wildman–Crippen MR) is 86.7 cm³/mol. The molecule has 0 aliphatic rings. The molecule has 0 aliphatic heterocycles. The Balaban J connectivity index is 2.95. The molecule has 0 spiro atoms. The topological polar surface area (TPSA) is 142 Å². The highest BCUT2D eigenvalue weighted by Crippen LogP contribution is 2.24. The monoisotopic (exact) mass is 357 g/mol. The van der Waals surface area contributed by atoms with Crippen molar-refractivity contribution in [2.45, 2.75) is 39.3 Å². The number of nitro groups is 1. The number of aliphatic hydroxyl groups excluding tert-OH is 1. The Labute approximate surface area is 143 Å². The van der Waals surface area contributed by atoms with E-state index in [1.165, 1.54) is 0 Å². The van der Waals surface area contributed by atoms with Crippen molar-refractivity contribution < 1.29 is 29.1 Å². The Kier molecular flexibility index (Phi) is 6.40. The minimum atomic E-state index is -1.48. The number of anilines is 1. The fraction of sp³-hybridized carbons (Fsp3) is 0.467. The molecule has 9 nitrogen and oxygen atoms in total. The van der Waals surface area contributed by atoms with Crippen LogP contribution in [-0.2, 0) is 4.79 Å². The number of non-ortho nitro benzene ring substituents is 1. The predicted octanol–water partition coefficient (Wildman–Crippen LogP) is 2.11. The number of nitrogens with zero attached hydrogens (tertiary/aromatic N) is 1. The molecule has 10 heteroatoms. The first-order valence-electron chi connectivity index (χ1n) is 7.34. The molecule has 0 bridgehead atoms. The zero-order valence-electron chi connectivity index (χ0n) is 13.9. The molecule has 1 unspecified atom stereocenters. The summed E-state index contributed by atoms with van der Waals surface area (Å²) in [7, 11) is 0. The Bertz CT molecular complexity index is 674. The summed E-state index contributed by atoms with van der Waals surface area (Å²) in [5.41, 5.74) is -1.42. The third-order valence-electron chi connectivity index (χ3n) is 3.49. The minimum absolute atomic E-state index is 0.226. The second-order valence-corrected chi connectivity index (χ2v) is 6.53. The normalized spacial score (nSPS) is 13.6. The van der Waals surface area contributed by atoms with Gasteiger partial charge < -0.3 is 20.8 Å². The highest BCUT2D eigenvalue weighted by atomic mass is 19.1. The zero-order chi connectivity index (χ0) is 19.4. The lowest BCUT2D eigenvalue weighted by molar-refractivity contribution is -0.385. The number of hydrogen-bond acceptors (Lipinski definition) is 5. The Hall–Kier alpha value is -2.75. The van der Waals surface area contributed by atoms with E-state index in [9.17, 15) is 29.2 Å². The lowest BCUT2D eigenvalue weighted by Gasteiger charge is -2.29. The second kappa shape index (κ2) is 7.88. The maximum Gasteiger partial charge on any atom is 0.405 e. The molecule has 0 saturated carbocycles. The van der Waals surface area contributed by atoms with Crippen LogP contribution in [0.15, 0.2) is 18.2 Å². The minimum Gasteiger partial charge on any atom is -0.465 e. The lowest BCUT2D eigenvalue weighted by Crippen LogP contribution is -2.47. The van der Waals surface area contributed by atoms with Gasteiger partial charge in [0.2, 0.25) is 5.91 Å². The maximum absolute atomic E-state index is 13.8. The van der Waals surface area contributed by atoms with Crippen LogP contribution in [0.25, 0.3) is 0 Å². The molecule has 1 rings (SSSR count). The van der Waals surface area contributed by atoms with Crippen LogP contribution in [0.5, 0.6) is 0 Å². The molecule has 0 radical (unpaired) electrons. The van der Waals surface area contributed by atoms with Crippen molar-refractivity contribution in [1.82, 2.24) is 5.32 Å². The largest absolute Gasteiger partial charge is 0.465 e. The van der Waals surface area contributed by atoms with E-state index in [1.807, 2.05) is 5.32 Å². The quantitative estimate of drug-likeness (QED) is 0.454. The molecule has 0 aromatic heterocycles. The average molecular weight is 357 g/mol. The van der Waals surface area contributed by atoms with Crippen molar-refractivity contribution in [2.75, 3.05) is 5.32 Å². The van der Waals surface area contributed by atoms with E-state index in [1.54, 1.807) is 20.8 Å². The third kappa shape index (κ3) is 5.99. The van der Waals surface area contributed by atoms with Gasteiger partial charge in [-0.05, 0) is 11.5 Å². The van der Waals surface area contributed by atoms with E-state index in [0.717, 1.165) is 12.1 Å². The molecule has 25 heavy (non-hydrogen) atoms. The van der Waals surface area contributed by atoms with E-state index in [4.69, 9.17) is 5.11 Å². The van der Waals surface area contributed by atoms with Crippen molar-refractivity contribution in [3.05, 3.63) is 34.1 Å². The first-order valence-corrected chi connectivity index (χ1v) is 7.34. The first kappa shape index (κ1) is 20.3. The summed E-state index contributed by atoms with van der Waals surface area (Å²) in [5, 5.41) is 33.6. The van der Waals surface area contributed by atoms with Gasteiger partial charge in [-0.15, -0.1) is 0 Å². The number of rotatable bonds is 6. The van der Waals surface area contributed by atoms with Gasteiger partial charge in [-0.25, -0.2) is 9.18 Å². The van der Waals surface area contributed by atoms with Gasteiger partial charge in [0, 0.05) is 12.5 Å². The number of nitro benzene ring substituents is 1. The van der Waals surface area contributed by atoms with Gasteiger partial charge in [0.1, 0.15) is 6.04 Å². The van der Waals surface area contributed by atoms with Crippen molar-refractivity contribution in [2.24, 2.45) is 5.41 Å². The molecule has 2 amide bonds. The summed E-state index contributed by atoms with van der Waals surface area (Å²) in [6.07, 6.45) is -2.71. The van der Waals surface area contributed by atoms with E-state index in [0.29, 0.717) is 6.07 Å². The number of nitrogens with one attached hydrogen (secondary N) is 2. The van der Waals surface area contributed by atoms with Gasteiger partial charge in [0.15, 0.2) is 5.82 Å². The molecule has 0 aliphatic carbocycles. The Morgan fingerprint density at radius 2 is 1.96 bits per heavy atom. The zero-order valence-corrected chi connectivity index (χ0v) is 13.9. The number of carbonyl (C=O) groups is 2. The van der Waals surface area contributed by atoms with Crippen molar-refractivity contribution >= 4 is 23.4 Å². The highest BCUT2D eigenvalue weighted by Gasteiger charge is 2.30. The summed E-state index contributed by atoms with van der Waals surface area (Å²) in [6, 6.07) is 1.31. The Morgan fingerprint density at radius 3 is 2.40 bits per heavy atom. The molecule has 0 saturated heterocycles. The molecule has 1 aromatic carbocycles. The first-order chi connectivity index (χ1) is 11.4. The number of halogens is 1. The van der Waals surface area contributed by atoms with Gasteiger partial charge in [-0.1, -0.05) is 20.8 Å². The average Bonchev–Trinajstić information content (AvgIpc) is 2.46. The van der Waals surface area contributed by atoms with E-state index in [2.05, 4.69) is 5.32 Å². The van der Waals surface area contributed by atoms with Crippen molar-refractivity contribution in [3.8, 4) is 0 Å². The van der Waals surface area contributed by atoms with E-state index < -0.39 is 46.0 Å². The molecule has 0 fully saturated rings. The molecular formula is C15H20FN3O6. The van der Waals surface area contributed by atoms with Crippen LogP contribution in [0.2, 0.25) is 0 Å². The smallest absolute Gasteiger partial charge is 0.405 e. The van der Waals surface area contributed by atoms with Crippen molar-refractivity contribution in [3.63, 3.8) is 0 Å². The lowest BCUT2D eigenvalue weighted by atomic mass is 9.85. The van der Waals surface area contributed by atoms with Crippen LogP contribution < -0.4 is 10.6 Å². The van der Waals surface area contributed by atoms with Crippen LogP contribution in [0.3, 0.4) is 0 Å². The molecule has 1 aromatic rings. The van der Waals surface area contributed by atoms with Gasteiger partial charge >= 0.3 is 6.09 Å². The molecule has 4 N–H and O–H groups in total. The van der Waals surface area contributed by atoms with Crippen LogP contribution in [0.4, 0.5) is 20.6 Å². The highest BCUT2D eigenvalue weighted by molar-refractivity contribution is 5.96. The SMILES string of the molecule is CC(C)(C)C(O)C[C@H](NC(=O)O)C(=O)Nc1ccc([N+](=O)[O-])cc1F. The molecule has 138 valence electrons. The number of aliphatic hydroxyl groups is 1. The molecule has 2 atom stereocenters. The fourth-order valence-corrected chi connectivity index (χ4v) is 1.90. The third-order valence-corrected chi connectivity index (χ3v) is 3.49. The van der Waals surface area contributed by atoms with Crippen LogP contribution in [-0.4, -0.2) is 39.3 Å². The van der Waals surface area contributed by atoms with E-state index >= 15 is 0 Å². The summed E-state index contributed by atoms with van der Waals surface area (Å²) in [5.74, 6) is -1.92. The number of amides is 2. The van der Waals surface area contributed by atoms with Crippen molar-refractivity contribution in [1.29, 1.82) is 0 Å². The summed E-state index contributed by atoms with van der Waals surface area (Å²) >= 11 is 0. The number of hydrogen-bond donors (Lipinski definition) is 4. The number of carboxylic acid groups (broad SMARTS) is 1. The summed E-state index contributed by atoms with van der Waals surface area (Å²) in [6.45, 7) is 5.14. The maximum atomic E-state index is 13.8. The number of carbonyl (C=O) groups excluding carboxylic acids is 1. The van der Waals surface area contributed by atoms with E-state index in [-0.39, 0.29) is 12.1 Å². The fourth-order valence-electron chi connectivity index (χ4n) is 1.90. The Morgan fingerprint density at radius 1 is 1.36 bits per heavy atom. The molecular weight excluding hydrogens is 337 g/mol. The standard InChI is InChI=1S/C15H20FN3O6/c1-15(2,3)12(20)7-11(18-14(22)23)13(21)17-10-5-4-8(19(24)25)6-9(10)16/h4-6,11-12,18,20H,7H2,1-3H3,(H,17,21)(H,22,23)/t11-,12?/m0/s1. The number of benzene rings is 1. The summed E-state index contributed by atoms with van der Waals surface area (Å²) in [4.78, 5) is 32.9. The van der Waals surface area contributed by atoms with Crippen LogP contribution >= 0.6 is 0 Å². The van der Waals surface area contributed by atoms with Gasteiger partial charge in [0.25, 0.3) is 5.69 Å². The molecule has 0 heterocycles. The van der Waals surface area contributed by atoms with Gasteiger partial charge in [-0.2, -0.15) is 0 Å². The van der Waals surface area contributed by atoms with Gasteiger partial charge in [-0.3, -0.25) is 14.9 Å². The summed E-state index contributed by atoms with van der Waals surface area (Å²) < 4.78 is 13.8. The van der Waals surface area contributed by atoms with Crippen LogP contribution in [0.1, 0.15) is 27.2 Å². The van der Waals surface area contributed by atoms with Gasteiger partial charge in [0.05, 0.1) is 22.8 Å². The second-order valence-electron chi connectivity index (χ2n) is 6.53.